The van der Waals surface area contributed by atoms with Crippen LogP contribution in [0, 0.1) is 11.8 Å². The fraction of sp³-hybridized carbons (Fsp3) is 0.167. The SMILES string of the molecule is CO/C=C\C#Cc1ccc(OC)cc1. The lowest BCUT2D eigenvalue weighted by Crippen LogP contribution is -1.81. The van der Waals surface area contributed by atoms with Crippen molar-refractivity contribution >= 4 is 0 Å². The molecule has 0 N–H and O–H groups in total. The number of benzene rings is 1. The minimum atomic E-state index is 0.836. The van der Waals surface area contributed by atoms with Crippen molar-refractivity contribution < 1.29 is 9.47 Å². The van der Waals surface area contributed by atoms with Crippen molar-refractivity contribution in [1.29, 1.82) is 0 Å². The Morgan fingerprint density at radius 2 is 1.86 bits per heavy atom. The maximum Gasteiger partial charge on any atom is 0.118 e. The fourth-order valence-corrected chi connectivity index (χ4v) is 0.901. The van der Waals surface area contributed by atoms with Gasteiger partial charge in [0.2, 0.25) is 0 Å². The van der Waals surface area contributed by atoms with E-state index in [1.54, 1.807) is 20.3 Å². The van der Waals surface area contributed by atoms with E-state index in [1.165, 1.54) is 6.26 Å². The molecule has 0 radical (unpaired) electrons. The summed E-state index contributed by atoms with van der Waals surface area (Å²) in [7, 11) is 3.23. The van der Waals surface area contributed by atoms with E-state index in [9.17, 15) is 0 Å². The number of hydrogen-bond donors (Lipinski definition) is 0. The largest absolute Gasteiger partial charge is 0.504 e. The molecular formula is C12H12O2. The van der Waals surface area contributed by atoms with E-state index in [2.05, 4.69) is 11.8 Å². The summed E-state index contributed by atoms with van der Waals surface area (Å²) in [6, 6.07) is 7.58. The molecule has 0 fully saturated rings. The predicted molar refractivity (Wildman–Crippen MR) is 56.0 cm³/mol. The highest BCUT2D eigenvalue weighted by Gasteiger charge is 1.88. The Morgan fingerprint density at radius 1 is 1.14 bits per heavy atom. The minimum Gasteiger partial charge on any atom is -0.504 e. The summed E-state index contributed by atoms with van der Waals surface area (Å²) < 4.78 is 9.74. The van der Waals surface area contributed by atoms with Crippen molar-refractivity contribution in [2.45, 2.75) is 0 Å². The van der Waals surface area contributed by atoms with E-state index >= 15 is 0 Å². The van der Waals surface area contributed by atoms with Crippen LogP contribution < -0.4 is 4.74 Å². The van der Waals surface area contributed by atoms with E-state index in [1.807, 2.05) is 24.3 Å². The van der Waals surface area contributed by atoms with E-state index in [4.69, 9.17) is 9.47 Å². The predicted octanol–water partition coefficient (Wildman–Crippen LogP) is 2.21. The van der Waals surface area contributed by atoms with Crippen molar-refractivity contribution in [2.24, 2.45) is 0 Å². The van der Waals surface area contributed by atoms with Gasteiger partial charge < -0.3 is 9.47 Å². The number of allylic oxidation sites excluding steroid dienone is 1. The average Bonchev–Trinajstić information content (AvgIpc) is 2.25. The zero-order valence-corrected chi connectivity index (χ0v) is 8.28. The van der Waals surface area contributed by atoms with Crippen molar-refractivity contribution in [3.05, 3.63) is 42.2 Å². The minimum absolute atomic E-state index is 0.836. The Labute approximate surface area is 84.2 Å². The molecule has 0 aliphatic carbocycles. The maximum absolute atomic E-state index is 5.03. The zero-order chi connectivity index (χ0) is 10.2. The van der Waals surface area contributed by atoms with Crippen LogP contribution in [0.15, 0.2) is 36.6 Å². The van der Waals surface area contributed by atoms with Gasteiger partial charge in [-0.05, 0) is 24.3 Å². The Bertz CT molecular complexity index is 352. The molecule has 0 aliphatic heterocycles. The lowest BCUT2D eigenvalue weighted by molar-refractivity contribution is 0.338. The molecule has 0 atom stereocenters. The smallest absolute Gasteiger partial charge is 0.118 e. The van der Waals surface area contributed by atoms with Crippen molar-refractivity contribution in [3.63, 3.8) is 0 Å². The van der Waals surface area contributed by atoms with Gasteiger partial charge in [-0.2, -0.15) is 0 Å². The summed E-state index contributed by atoms with van der Waals surface area (Å²) in [5, 5.41) is 0. The summed E-state index contributed by atoms with van der Waals surface area (Å²) in [6.45, 7) is 0. The molecule has 2 nitrogen and oxygen atoms in total. The molecule has 0 aliphatic rings. The molecule has 1 aromatic rings. The van der Waals surface area contributed by atoms with Crippen LogP contribution in [-0.2, 0) is 4.74 Å². The highest BCUT2D eigenvalue weighted by molar-refractivity contribution is 5.39. The summed E-state index contributed by atoms with van der Waals surface area (Å²) in [5.74, 6) is 6.64. The molecule has 0 unspecified atom stereocenters. The van der Waals surface area contributed by atoms with Gasteiger partial charge in [0.15, 0.2) is 0 Å². The number of hydrogen-bond acceptors (Lipinski definition) is 2. The van der Waals surface area contributed by atoms with Gasteiger partial charge in [-0.1, -0.05) is 11.8 Å². The lowest BCUT2D eigenvalue weighted by atomic mass is 10.2. The fourth-order valence-electron chi connectivity index (χ4n) is 0.901. The van der Waals surface area contributed by atoms with E-state index in [-0.39, 0.29) is 0 Å². The van der Waals surface area contributed by atoms with Gasteiger partial charge in [-0.25, -0.2) is 0 Å². The first-order valence-corrected chi connectivity index (χ1v) is 4.20. The molecule has 0 saturated heterocycles. The van der Waals surface area contributed by atoms with Crippen LogP contribution >= 0.6 is 0 Å². The van der Waals surface area contributed by atoms with Crippen LogP contribution in [0.3, 0.4) is 0 Å². The highest BCUT2D eigenvalue weighted by Crippen LogP contribution is 2.09. The van der Waals surface area contributed by atoms with Gasteiger partial charge >= 0.3 is 0 Å². The molecule has 0 spiro atoms. The third-order valence-electron chi connectivity index (χ3n) is 1.59. The summed E-state index contributed by atoms with van der Waals surface area (Å²) in [6.07, 6.45) is 3.20. The standard InChI is InChI=1S/C12H12O2/c1-13-10-4-3-5-11-6-8-12(14-2)9-7-11/h4,6-10H,1-2H3/b10-4-. The summed E-state index contributed by atoms with van der Waals surface area (Å²) in [5.41, 5.74) is 0.951. The van der Waals surface area contributed by atoms with Crippen LogP contribution in [0.5, 0.6) is 5.75 Å². The monoisotopic (exact) mass is 188 g/mol. The number of rotatable bonds is 2. The van der Waals surface area contributed by atoms with Gasteiger partial charge in [-0.15, -0.1) is 0 Å². The Hall–Kier alpha value is -1.88. The molecule has 1 aromatic carbocycles. The van der Waals surface area contributed by atoms with Crippen molar-refractivity contribution in [2.75, 3.05) is 14.2 Å². The Morgan fingerprint density at radius 3 is 2.43 bits per heavy atom. The van der Waals surface area contributed by atoms with Gasteiger partial charge in [0.05, 0.1) is 20.5 Å². The second-order valence-corrected chi connectivity index (χ2v) is 2.54. The normalized spacial score (nSPS) is 9.29. The van der Waals surface area contributed by atoms with Crippen LogP contribution in [0.4, 0.5) is 0 Å². The molecule has 14 heavy (non-hydrogen) atoms. The lowest BCUT2D eigenvalue weighted by Gasteiger charge is -1.97. The first-order valence-electron chi connectivity index (χ1n) is 4.20. The van der Waals surface area contributed by atoms with E-state index in [0.717, 1.165) is 11.3 Å². The second-order valence-electron chi connectivity index (χ2n) is 2.54. The third-order valence-corrected chi connectivity index (χ3v) is 1.59. The average molecular weight is 188 g/mol. The molecule has 0 aromatic heterocycles. The summed E-state index contributed by atoms with van der Waals surface area (Å²) >= 11 is 0. The first kappa shape index (κ1) is 10.2. The first-order chi connectivity index (χ1) is 6.86. The van der Waals surface area contributed by atoms with Crippen LogP contribution in [0.25, 0.3) is 0 Å². The van der Waals surface area contributed by atoms with Crippen molar-refractivity contribution in [1.82, 2.24) is 0 Å². The van der Waals surface area contributed by atoms with E-state index < -0.39 is 0 Å². The number of ether oxygens (including phenoxy) is 2. The van der Waals surface area contributed by atoms with Gasteiger partial charge in [0, 0.05) is 11.6 Å². The Kier molecular flexibility index (Phi) is 4.16. The highest BCUT2D eigenvalue weighted by atomic mass is 16.5. The van der Waals surface area contributed by atoms with Gasteiger partial charge in [0.1, 0.15) is 5.75 Å². The molecule has 0 saturated carbocycles. The summed E-state index contributed by atoms with van der Waals surface area (Å²) in [4.78, 5) is 0. The molecule has 0 heterocycles. The Balaban J connectivity index is 2.66. The topological polar surface area (TPSA) is 18.5 Å². The van der Waals surface area contributed by atoms with E-state index in [0.29, 0.717) is 0 Å². The van der Waals surface area contributed by atoms with Crippen molar-refractivity contribution in [3.8, 4) is 17.6 Å². The number of methoxy groups -OCH3 is 2. The molecular weight excluding hydrogens is 176 g/mol. The second kappa shape index (κ2) is 5.71. The quantitative estimate of drug-likeness (QED) is 0.523. The van der Waals surface area contributed by atoms with Crippen LogP contribution in [0.1, 0.15) is 5.56 Å². The third kappa shape index (κ3) is 3.24. The molecule has 2 heteroatoms. The maximum atomic E-state index is 5.03. The van der Waals surface area contributed by atoms with Crippen LogP contribution in [0.2, 0.25) is 0 Å². The molecule has 0 bridgehead atoms. The molecule has 72 valence electrons. The molecule has 0 amide bonds. The zero-order valence-electron chi connectivity index (χ0n) is 8.28. The van der Waals surface area contributed by atoms with Gasteiger partial charge in [-0.3, -0.25) is 0 Å². The van der Waals surface area contributed by atoms with Crippen LogP contribution in [-0.4, -0.2) is 14.2 Å². The van der Waals surface area contributed by atoms with Gasteiger partial charge in [0.25, 0.3) is 0 Å². The molecule has 1 rings (SSSR count).